The van der Waals surface area contributed by atoms with E-state index in [4.69, 9.17) is 4.74 Å². The smallest absolute Gasteiger partial charge is 0.320 e. The number of rotatable bonds is 2. The van der Waals surface area contributed by atoms with Crippen LogP contribution in [0.5, 0.6) is 5.75 Å². The minimum atomic E-state index is -2.56. The number of halogens is 2. The zero-order valence-corrected chi connectivity index (χ0v) is 7.45. The molecule has 1 aromatic carbocycles. The van der Waals surface area contributed by atoms with Crippen molar-refractivity contribution in [3.8, 4) is 5.75 Å². The first-order valence-corrected chi connectivity index (χ1v) is 4.01. The molecule has 2 aromatic rings. The zero-order chi connectivity index (χ0) is 10.1. The lowest BCUT2D eigenvalue weighted by Gasteiger charge is -2.02. The van der Waals surface area contributed by atoms with E-state index in [2.05, 4.69) is 4.98 Å². The standard InChI is InChI=1S/C9H8F2N2O/c1-14-6-2-3-8-7(4-6)12-5-13(8)9(10)11/h2-5,9H,1H3. The molecule has 0 saturated heterocycles. The van der Waals surface area contributed by atoms with Crippen LogP contribution in [0.1, 0.15) is 6.55 Å². The largest absolute Gasteiger partial charge is 0.497 e. The van der Waals surface area contributed by atoms with Crippen LogP contribution in [0.25, 0.3) is 11.0 Å². The van der Waals surface area contributed by atoms with E-state index in [1.54, 1.807) is 18.2 Å². The highest BCUT2D eigenvalue weighted by Crippen LogP contribution is 2.23. The van der Waals surface area contributed by atoms with E-state index in [0.29, 0.717) is 16.8 Å². The predicted molar refractivity (Wildman–Crippen MR) is 47.5 cm³/mol. The minimum Gasteiger partial charge on any atom is -0.497 e. The third-order valence-corrected chi connectivity index (χ3v) is 1.99. The summed E-state index contributed by atoms with van der Waals surface area (Å²) in [6.07, 6.45) is 1.12. The molecule has 0 spiro atoms. The molecule has 74 valence electrons. The summed E-state index contributed by atoms with van der Waals surface area (Å²) >= 11 is 0. The Morgan fingerprint density at radius 2 is 2.21 bits per heavy atom. The molecule has 0 radical (unpaired) electrons. The molecule has 14 heavy (non-hydrogen) atoms. The van der Waals surface area contributed by atoms with Gasteiger partial charge >= 0.3 is 6.55 Å². The monoisotopic (exact) mass is 198 g/mol. The zero-order valence-electron chi connectivity index (χ0n) is 7.45. The maximum Gasteiger partial charge on any atom is 0.320 e. The number of benzene rings is 1. The lowest BCUT2D eigenvalue weighted by molar-refractivity contribution is 0.0746. The fourth-order valence-electron chi connectivity index (χ4n) is 1.29. The van der Waals surface area contributed by atoms with Crippen LogP contribution in [0.2, 0.25) is 0 Å². The van der Waals surface area contributed by atoms with Gasteiger partial charge in [-0.2, -0.15) is 8.78 Å². The number of ether oxygens (including phenoxy) is 1. The molecule has 1 heterocycles. The van der Waals surface area contributed by atoms with E-state index in [9.17, 15) is 8.78 Å². The molecule has 0 fully saturated rings. The Morgan fingerprint density at radius 3 is 2.86 bits per heavy atom. The molecule has 0 bridgehead atoms. The van der Waals surface area contributed by atoms with Gasteiger partial charge in [-0.05, 0) is 12.1 Å². The number of hydrogen-bond donors (Lipinski definition) is 0. The molecular formula is C9H8F2N2O. The normalized spacial score (nSPS) is 11.1. The van der Waals surface area contributed by atoms with Crippen molar-refractivity contribution >= 4 is 11.0 Å². The van der Waals surface area contributed by atoms with E-state index in [0.717, 1.165) is 10.9 Å². The summed E-state index contributed by atoms with van der Waals surface area (Å²) < 4.78 is 30.6. The molecular weight excluding hydrogens is 190 g/mol. The van der Waals surface area contributed by atoms with Crippen molar-refractivity contribution in [2.24, 2.45) is 0 Å². The number of fused-ring (bicyclic) bond motifs is 1. The van der Waals surface area contributed by atoms with E-state index in [-0.39, 0.29) is 0 Å². The average Bonchev–Trinajstić information content (AvgIpc) is 2.59. The Kier molecular flexibility index (Phi) is 2.07. The topological polar surface area (TPSA) is 27.1 Å². The predicted octanol–water partition coefficient (Wildman–Crippen LogP) is 2.44. The van der Waals surface area contributed by atoms with Crippen molar-refractivity contribution < 1.29 is 13.5 Å². The number of aromatic nitrogens is 2. The van der Waals surface area contributed by atoms with Crippen LogP contribution in [-0.2, 0) is 0 Å². The first-order chi connectivity index (χ1) is 6.72. The SMILES string of the molecule is COc1ccc2c(c1)ncn2C(F)F. The second kappa shape index (κ2) is 3.25. The van der Waals surface area contributed by atoms with Gasteiger partial charge in [-0.25, -0.2) is 4.98 Å². The molecule has 0 aliphatic carbocycles. The summed E-state index contributed by atoms with van der Waals surface area (Å²) in [6, 6.07) is 4.81. The van der Waals surface area contributed by atoms with Crippen LogP contribution in [0.3, 0.4) is 0 Å². The van der Waals surface area contributed by atoms with Crippen LogP contribution in [0.4, 0.5) is 8.78 Å². The van der Waals surface area contributed by atoms with Gasteiger partial charge in [-0.3, -0.25) is 4.57 Å². The van der Waals surface area contributed by atoms with Crippen molar-refractivity contribution in [3.63, 3.8) is 0 Å². The Hall–Kier alpha value is -1.65. The molecule has 2 rings (SSSR count). The fourth-order valence-corrected chi connectivity index (χ4v) is 1.29. The highest BCUT2D eigenvalue weighted by molar-refractivity contribution is 5.77. The van der Waals surface area contributed by atoms with Crippen molar-refractivity contribution in [1.82, 2.24) is 9.55 Å². The molecule has 0 unspecified atom stereocenters. The summed E-state index contributed by atoms with van der Waals surface area (Å²) in [6.45, 7) is -2.56. The summed E-state index contributed by atoms with van der Waals surface area (Å²) in [5.74, 6) is 0.608. The van der Waals surface area contributed by atoms with Gasteiger partial charge in [-0.1, -0.05) is 0 Å². The summed E-state index contributed by atoms with van der Waals surface area (Å²) in [5, 5.41) is 0. The first-order valence-electron chi connectivity index (χ1n) is 4.01. The van der Waals surface area contributed by atoms with Gasteiger partial charge < -0.3 is 4.74 Å². The quantitative estimate of drug-likeness (QED) is 0.741. The van der Waals surface area contributed by atoms with Crippen LogP contribution in [0, 0.1) is 0 Å². The molecule has 1 aromatic heterocycles. The Bertz CT molecular complexity index is 453. The summed E-state index contributed by atoms with van der Waals surface area (Å²) in [4.78, 5) is 3.85. The number of nitrogens with zero attached hydrogens (tertiary/aromatic N) is 2. The molecule has 3 nitrogen and oxygen atoms in total. The van der Waals surface area contributed by atoms with E-state index in [1.807, 2.05) is 0 Å². The summed E-state index contributed by atoms with van der Waals surface area (Å²) in [7, 11) is 1.52. The second-order valence-electron chi connectivity index (χ2n) is 2.78. The lowest BCUT2D eigenvalue weighted by Crippen LogP contribution is -1.94. The lowest BCUT2D eigenvalue weighted by atomic mass is 10.3. The molecule has 0 aliphatic heterocycles. The second-order valence-corrected chi connectivity index (χ2v) is 2.78. The first kappa shape index (κ1) is 8.93. The maximum atomic E-state index is 12.4. The van der Waals surface area contributed by atoms with Crippen LogP contribution in [-0.4, -0.2) is 16.7 Å². The van der Waals surface area contributed by atoms with Crippen LogP contribution in [0.15, 0.2) is 24.5 Å². The highest BCUT2D eigenvalue weighted by atomic mass is 19.3. The summed E-state index contributed by atoms with van der Waals surface area (Å²) in [5.41, 5.74) is 0.908. The Balaban J connectivity index is 2.59. The van der Waals surface area contributed by atoms with Gasteiger partial charge in [0.15, 0.2) is 0 Å². The van der Waals surface area contributed by atoms with Crippen LogP contribution < -0.4 is 4.74 Å². The van der Waals surface area contributed by atoms with E-state index < -0.39 is 6.55 Å². The van der Waals surface area contributed by atoms with Crippen molar-refractivity contribution in [2.45, 2.75) is 6.55 Å². The maximum absolute atomic E-state index is 12.4. The highest BCUT2D eigenvalue weighted by Gasteiger charge is 2.10. The van der Waals surface area contributed by atoms with Crippen molar-refractivity contribution in [3.05, 3.63) is 24.5 Å². The minimum absolute atomic E-state index is 0.404. The molecule has 0 N–H and O–H groups in total. The van der Waals surface area contributed by atoms with Crippen LogP contribution >= 0.6 is 0 Å². The van der Waals surface area contributed by atoms with Gasteiger partial charge in [-0.15, -0.1) is 0 Å². The molecule has 0 saturated carbocycles. The molecule has 5 heteroatoms. The van der Waals surface area contributed by atoms with Gasteiger partial charge in [0.2, 0.25) is 0 Å². The fraction of sp³-hybridized carbons (Fsp3) is 0.222. The molecule has 0 atom stereocenters. The number of alkyl halides is 2. The van der Waals surface area contributed by atoms with Crippen molar-refractivity contribution in [2.75, 3.05) is 7.11 Å². The van der Waals surface area contributed by atoms with Gasteiger partial charge in [0.05, 0.1) is 18.1 Å². The third kappa shape index (κ3) is 1.30. The van der Waals surface area contributed by atoms with Gasteiger partial charge in [0.1, 0.15) is 12.1 Å². The molecule has 0 amide bonds. The number of imidazole rings is 1. The third-order valence-electron chi connectivity index (χ3n) is 1.99. The Labute approximate surface area is 78.9 Å². The van der Waals surface area contributed by atoms with E-state index >= 15 is 0 Å². The average molecular weight is 198 g/mol. The Morgan fingerprint density at radius 1 is 1.43 bits per heavy atom. The van der Waals surface area contributed by atoms with Gasteiger partial charge in [0.25, 0.3) is 0 Å². The van der Waals surface area contributed by atoms with E-state index in [1.165, 1.54) is 7.11 Å². The van der Waals surface area contributed by atoms with Crippen molar-refractivity contribution in [1.29, 1.82) is 0 Å². The number of methoxy groups -OCH3 is 1. The number of hydrogen-bond acceptors (Lipinski definition) is 2. The van der Waals surface area contributed by atoms with Gasteiger partial charge in [0, 0.05) is 6.07 Å². The molecule has 0 aliphatic rings.